The molecule has 1 aromatic rings. The molecule has 0 fully saturated rings. The van der Waals surface area contributed by atoms with Crippen LogP contribution in [0.15, 0.2) is 41.4 Å². The zero-order valence-corrected chi connectivity index (χ0v) is 10.3. The van der Waals surface area contributed by atoms with Crippen LogP contribution in [0.3, 0.4) is 0 Å². The van der Waals surface area contributed by atoms with Gasteiger partial charge in [-0.1, -0.05) is 40.2 Å². The molecular formula is C12H17BrN2. The molecule has 1 unspecified atom stereocenters. The fraction of sp³-hybridized carbons (Fsp3) is 0.333. The lowest BCUT2D eigenvalue weighted by Crippen LogP contribution is -2.36. The van der Waals surface area contributed by atoms with E-state index in [0.717, 1.165) is 23.7 Å². The van der Waals surface area contributed by atoms with Crippen molar-refractivity contribution in [1.29, 1.82) is 0 Å². The molecule has 1 atom stereocenters. The van der Waals surface area contributed by atoms with Gasteiger partial charge >= 0.3 is 0 Å². The molecule has 0 amide bonds. The average molecular weight is 269 g/mol. The van der Waals surface area contributed by atoms with E-state index in [9.17, 15) is 0 Å². The van der Waals surface area contributed by atoms with Crippen molar-refractivity contribution in [1.82, 2.24) is 5.43 Å². The van der Waals surface area contributed by atoms with Gasteiger partial charge in [0.25, 0.3) is 0 Å². The van der Waals surface area contributed by atoms with Gasteiger partial charge in [0.1, 0.15) is 0 Å². The molecule has 0 spiro atoms. The van der Waals surface area contributed by atoms with Gasteiger partial charge in [0, 0.05) is 10.5 Å². The molecule has 0 aromatic heterocycles. The lowest BCUT2D eigenvalue weighted by atomic mass is 10.0. The molecule has 0 heterocycles. The van der Waals surface area contributed by atoms with Crippen LogP contribution in [-0.4, -0.2) is 6.04 Å². The fourth-order valence-corrected chi connectivity index (χ4v) is 1.94. The average Bonchev–Trinajstić information content (AvgIpc) is 2.26. The standard InChI is InChI=1S/C12H17BrN2/c1-2-3-7-11(15-14)9-10-6-4-5-8-12(10)13/h2,4-6,8,11,15H,1,3,7,9,14H2. The van der Waals surface area contributed by atoms with Crippen molar-refractivity contribution in [2.24, 2.45) is 5.84 Å². The Morgan fingerprint density at radius 2 is 2.20 bits per heavy atom. The summed E-state index contributed by atoms with van der Waals surface area (Å²) >= 11 is 3.53. The SMILES string of the molecule is C=CCCC(Cc1ccccc1Br)NN. The number of rotatable bonds is 6. The van der Waals surface area contributed by atoms with Crippen molar-refractivity contribution in [2.45, 2.75) is 25.3 Å². The van der Waals surface area contributed by atoms with Crippen LogP contribution in [0.4, 0.5) is 0 Å². The Hall–Kier alpha value is -0.640. The molecule has 3 heteroatoms. The molecule has 1 rings (SSSR count). The van der Waals surface area contributed by atoms with E-state index in [1.54, 1.807) is 0 Å². The van der Waals surface area contributed by atoms with Crippen LogP contribution in [0.5, 0.6) is 0 Å². The van der Waals surface area contributed by atoms with Gasteiger partial charge in [-0.15, -0.1) is 6.58 Å². The third-order valence-corrected chi connectivity index (χ3v) is 3.15. The van der Waals surface area contributed by atoms with E-state index in [-0.39, 0.29) is 0 Å². The number of allylic oxidation sites excluding steroid dienone is 1. The topological polar surface area (TPSA) is 38.0 Å². The Morgan fingerprint density at radius 3 is 2.80 bits per heavy atom. The van der Waals surface area contributed by atoms with Crippen molar-refractivity contribution in [3.63, 3.8) is 0 Å². The first-order valence-electron chi connectivity index (χ1n) is 5.08. The lowest BCUT2D eigenvalue weighted by molar-refractivity contribution is 0.494. The van der Waals surface area contributed by atoms with Crippen molar-refractivity contribution in [2.75, 3.05) is 0 Å². The van der Waals surface area contributed by atoms with Crippen molar-refractivity contribution >= 4 is 15.9 Å². The quantitative estimate of drug-likeness (QED) is 0.473. The summed E-state index contributed by atoms with van der Waals surface area (Å²) in [5.41, 5.74) is 4.13. The van der Waals surface area contributed by atoms with Crippen molar-refractivity contribution < 1.29 is 0 Å². The first-order valence-corrected chi connectivity index (χ1v) is 5.87. The molecular weight excluding hydrogens is 252 g/mol. The summed E-state index contributed by atoms with van der Waals surface area (Å²) in [5.74, 6) is 5.51. The smallest absolute Gasteiger partial charge is 0.0254 e. The normalized spacial score (nSPS) is 12.4. The molecule has 3 N–H and O–H groups in total. The predicted molar refractivity (Wildman–Crippen MR) is 68.4 cm³/mol. The third-order valence-electron chi connectivity index (χ3n) is 2.38. The summed E-state index contributed by atoms with van der Waals surface area (Å²) in [7, 11) is 0. The van der Waals surface area contributed by atoms with Crippen LogP contribution < -0.4 is 11.3 Å². The Bertz CT molecular complexity index is 312. The third kappa shape index (κ3) is 4.16. The Labute approximate surface area is 99.7 Å². The zero-order valence-electron chi connectivity index (χ0n) is 8.75. The minimum atomic E-state index is 0.307. The van der Waals surface area contributed by atoms with Crippen LogP contribution in [-0.2, 0) is 6.42 Å². The number of hydrogen-bond donors (Lipinski definition) is 2. The number of hydrazine groups is 1. The Balaban J connectivity index is 2.58. The van der Waals surface area contributed by atoms with Crippen LogP contribution >= 0.6 is 15.9 Å². The summed E-state index contributed by atoms with van der Waals surface area (Å²) in [6.07, 6.45) is 4.86. The van der Waals surface area contributed by atoms with Crippen LogP contribution in [0.25, 0.3) is 0 Å². The molecule has 2 nitrogen and oxygen atoms in total. The van der Waals surface area contributed by atoms with E-state index in [0.29, 0.717) is 6.04 Å². The van der Waals surface area contributed by atoms with Gasteiger partial charge in [0.2, 0.25) is 0 Å². The zero-order chi connectivity index (χ0) is 11.1. The number of benzene rings is 1. The van der Waals surface area contributed by atoms with Crippen LogP contribution in [0, 0.1) is 0 Å². The molecule has 15 heavy (non-hydrogen) atoms. The summed E-state index contributed by atoms with van der Waals surface area (Å²) in [4.78, 5) is 0. The molecule has 0 radical (unpaired) electrons. The summed E-state index contributed by atoms with van der Waals surface area (Å²) < 4.78 is 1.14. The predicted octanol–water partition coefficient (Wildman–Crippen LogP) is 2.79. The highest BCUT2D eigenvalue weighted by atomic mass is 79.9. The molecule has 1 aromatic carbocycles. The number of nitrogens with one attached hydrogen (secondary N) is 1. The lowest BCUT2D eigenvalue weighted by Gasteiger charge is -2.15. The summed E-state index contributed by atoms with van der Waals surface area (Å²) in [6.45, 7) is 3.71. The van der Waals surface area contributed by atoms with Gasteiger partial charge in [-0.25, -0.2) is 0 Å². The van der Waals surface area contributed by atoms with E-state index >= 15 is 0 Å². The largest absolute Gasteiger partial charge is 0.271 e. The highest BCUT2D eigenvalue weighted by molar-refractivity contribution is 9.10. The van der Waals surface area contributed by atoms with Gasteiger partial charge < -0.3 is 0 Å². The maximum absolute atomic E-state index is 5.51. The van der Waals surface area contributed by atoms with Gasteiger partial charge in [0.05, 0.1) is 0 Å². The molecule has 0 aliphatic heterocycles. The van der Waals surface area contributed by atoms with Crippen molar-refractivity contribution in [3.05, 3.63) is 47.0 Å². The van der Waals surface area contributed by atoms with E-state index in [1.165, 1.54) is 5.56 Å². The van der Waals surface area contributed by atoms with Crippen LogP contribution in [0.1, 0.15) is 18.4 Å². The van der Waals surface area contributed by atoms with Crippen LogP contribution in [0.2, 0.25) is 0 Å². The fourth-order valence-electron chi connectivity index (χ4n) is 1.49. The maximum atomic E-state index is 5.51. The maximum Gasteiger partial charge on any atom is 0.0254 e. The molecule has 0 bridgehead atoms. The van der Waals surface area contributed by atoms with E-state index in [1.807, 2.05) is 18.2 Å². The second kappa shape index (κ2) is 6.77. The van der Waals surface area contributed by atoms with Crippen molar-refractivity contribution in [3.8, 4) is 0 Å². The molecule has 0 aliphatic rings. The van der Waals surface area contributed by atoms with Gasteiger partial charge in [-0.05, 0) is 30.9 Å². The minimum Gasteiger partial charge on any atom is -0.271 e. The summed E-state index contributed by atoms with van der Waals surface area (Å²) in [6, 6.07) is 8.53. The van der Waals surface area contributed by atoms with Gasteiger partial charge in [-0.3, -0.25) is 11.3 Å². The molecule has 0 saturated carbocycles. The Morgan fingerprint density at radius 1 is 1.47 bits per heavy atom. The highest BCUT2D eigenvalue weighted by Crippen LogP contribution is 2.18. The van der Waals surface area contributed by atoms with E-state index in [4.69, 9.17) is 5.84 Å². The first kappa shape index (κ1) is 12.4. The van der Waals surface area contributed by atoms with E-state index in [2.05, 4.69) is 40.1 Å². The molecule has 82 valence electrons. The van der Waals surface area contributed by atoms with Gasteiger partial charge in [-0.2, -0.15) is 0 Å². The minimum absolute atomic E-state index is 0.307. The Kier molecular flexibility index (Phi) is 5.61. The monoisotopic (exact) mass is 268 g/mol. The molecule has 0 aliphatic carbocycles. The number of halogens is 1. The second-order valence-electron chi connectivity index (χ2n) is 3.53. The second-order valence-corrected chi connectivity index (χ2v) is 4.38. The van der Waals surface area contributed by atoms with E-state index < -0.39 is 0 Å². The molecule has 0 saturated heterocycles. The number of nitrogens with two attached hydrogens (primary N) is 1. The first-order chi connectivity index (χ1) is 7.27. The summed E-state index contributed by atoms with van der Waals surface area (Å²) in [5, 5.41) is 0. The number of hydrogen-bond acceptors (Lipinski definition) is 2. The highest BCUT2D eigenvalue weighted by Gasteiger charge is 2.08. The van der Waals surface area contributed by atoms with Gasteiger partial charge in [0.15, 0.2) is 0 Å².